The SMILES string of the molecule is O=C(C=Cc1ccc([N+](=O)[O-])cc1)Oc1ccc2c(c1)OCO2. The van der Waals surface area contributed by atoms with Crippen molar-refractivity contribution in [2.75, 3.05) is 6.79 Å². The van der Waals surface area contributed by atoms with Gasteiger partial charge in [-0.2, -0.15) is 0 Å². The Bertz CT molecular complexity index is 782. The molecule has 0 saturated carbocycles. The summed E-state index contributed by atoms with van der Waals surface area (Å²) in [6, 6.07) is 10.6. The number of nitro groups is 1. The number of nitro benzene ring substituents is 1. The van der Waals surface area contributed by atoms with E-state index in [0.29, 0.717) is 22.8 Å². The minimum absolute atomic E-state index is 0.00918. The van der Waals surface area contributed by atoms with Crippen molar-refractivity contribution in [2.24, 2.45) is 0 Å². The van der Waals surface area contributed by atoms with E-state index in [-0.39, 0.29) is 12.5 Å². The molecule has 7 nitrogen and oxygen atoms in total. The summed E-state index contributed by atoms with van der Waals surface area (Å²) in [5, 5.41) is 10.6. The number of hydrogen-bond acceptors (Lipinski definition) is 6. The smallest absolute Gasteiger partial charge is 0.336 e. The molecule has 0 spiro atoms. The van der Waals surface area contributed by atoms with Gasteiger partial charge in [-0.25, -0.2) is 4.79 Å². The van der Waals surface area contributed by atoms with E-state index in [4.69, 9.17) is 14.2 Å². The maximum absolute atomic E-state index is 11.8. The van der Waals surface area contributed by atoms with Crippen molar-refractivity contribution in [3.8, 4) is 17.2 Å². The lowest BCUT2D eigenvalue weighted by atomic mass is 10.2. The predicted octanol–water partition coefficient (Wildman–Crippen LogP) is 2.94. The summed E-state index contributed by atoms with van der Waals surface area (Å²) in [5.41, 5.74) is 0.642. The van der Waals surface area contributed by atoms with Crippen LogP contribution in [0.2, 0.25) is 0 Å². The lowest BCUT2D eigenvalue weighted by Crippen LogP contribution is -2.03. The minimum Gasteiger partial charge on any atom is -0.454 e. The van der Waals surface area contributed by atoms with Gasteiger partial charge in [0.1, 0.15) is 5.75 Å². The van der Waals surface area contributed by atoms with Crippen molar-refractivity contribution in [1.82, 2.24) is 0 Å². The van der Waals surface area contributed by atoms with Gasteiger partial charge >= 0.3 is 5.97 Å². The van der Waals surface area contributed by atoms with Crippen LogP contribution in [0, 0.1) is 10.1 Å². The van der Waals surface area contributed by atoms with E-state index in [2.05, 4.69) is 0 Å². The first kappa shape index (κ1) is 14.6. The van der Waals surface area contributed by atoms with Gasteiger partial charge in [-0.15, -0.1) is 0 Å². The van der Waals surface area contributed by atoms with Crippen molar-refractivity contribution in [3.05, 3.63) is 64.2 Å². The average molecular weight is 313 g/mol. The Kier molecular flexibility index (Phi) is 3.92. The van der Waals surface area contributed by atoms with Gasteiger partial charge in [0.2, 0.25) is 6.79 Å². The molecule has 2 aromatic carbocycles. The summed E-state index contributed by atoms with van der Waals surface area (Å²) < 4.78 is 15.5. The molecule has 7 heteroatoms. The van der Waals surface area contributed by atoms with E-state index >= 15 is 0 Å². The molecule has 1 heterocycles. The Labute approximate surface area is 130 Å². The second-order valence-electron chi connectivity index (χ2n) is 4.62. The predicted molar refractivity (Wildman–Crippen MR) is 80.3 cm³/mol. The third-order valence-electron chi connectivity index (χ3n) is 3.08. The van der Waals surface area contributed by atoms with Gasteiger partial charge in [0.15, 0.2) is 11.5 Å². The largest absolute Gasteiger partial charge is 0.454 e. The molecule has 0 N–H and O–H groups in total. The molecule has 0 atom stereocenters. The number of benzene rings is 2. The van der Waals surface area contributed by atoms with Crippen LogP contribution in [0.1, 0.15) is 5.56 Å². The zero-order valence-electron chi connectivity index (χ0n) is 11.8. The fourth-order valence-electron chi connectivity index (χ4n) is 1.96. The fourth-order valence-corrected chi connectivity index (χ4v) is 1.96. The van der Waals surface area contributed by atoms with Gasteiger partial charge < -0.3 is 14.2 Å². The minimum atomic E-state index is -0.567. The monoisotopic (exact) mass is 313 g/mol. The number of nitrogens with zero attached hydrogens (tertiary/aromatic N) is 1. The summed E-state index contributed by atoms with van der Waals surface area (Å²) >= 11 is 0. The standard InChI is InChI=1S/C16H11NO6/c18-16(8-3-11-1-4-12(5-2-11)17(19)20)23-13-6-7-14-15(9-13)22-10-21-14/h1-9H,10H2. The van der Waals surface area contributed by atoms with E-state index in [1.54, 1.807) is 30.3 Å². The number of esters is 1. The molecule has 0 radical (unpaired) electrons. The van der Waals surface area contributed by atoms with Crippen molar-refractivity contribution in [2.45, 2.75) is 0 Å². The van der Waals surface area contributed by atoms with Crippen molar-refractivity contribution in [1.29, 1.82) is 0 Å². The molecular formula is C16H11NO6. The maximum Gasteiger partial charge on any atom is 0.336 e. The van der Waals surface area contributed by atoms with Crippen LogP contribution in [-0.2, 0) is 4.79 Å². The Morgan fingerprint density at radius 2 is 1.87 bits per heavy atom. The Balaban J connectivity index is 1.63. The summed E-state index contributed by atoms with van der Waals surface area (Å²) in [6.07, 6.45) is 2.75. The number of carbonyl (C=O) groups is 1. The second kappa shape index (κ2) is 6.18. The first-order valence-electron chi connectivity index (χ1n) is 6.66. The molecule has 0 amide bonds. The molecule has 0 aromatic heterocycles. The van der Waals surface area contributed by atoms with E-state index in [0.717, 1.165) is 0 Å². The molecule has 2 aromatic rings. The van der Waals surface area contributed by atoms with Crippen molar-refractivity contribution in [3.63, 3.8) is 0 Å². The first-order chi connectivity index (χ1) is 11.1. The van der Waals surface area contributed by atoms with E-state index in [1.165, 1.54) is 24.3 Å². The Morgan fingerprint density at radius 3 is 2.61 bits per heavy atom. The van der Waals surface area contributed by atoms with Gasteiger partial charge in [-0.05, 0) is 35.9 Å². The molecule has 0 unspecified atom stereocenters. The Morgan fingerprint density at radius 1 is 1.13 bits per heavy atom. The lowest BCUT2D eigenvalue weighted by Gasteiger charge is -2.02. The third kappa shape index (κ3) is 3.46. The van der Waals surface area contributed by atoms with Gasteiger partial charge in [0.05, 0.1) is 4.92 Å². The van der Waals surface area contributed by atoms with Crippen LogP contribution >= 0.6 is 0 Å². The lowest BCUT2D eigenvalue weighted by molar-refractivity contribution is -0.384. The topological polar surface area (TPSA) is 87.9 Å². The summed E-state index contributed by atoms with van der Waals surface area (Å²) in [6.45, 7) is 0.146. The van der Waals surface area contributed by atoms with Crippen LogP contribution in [0.15, 0.2) is 48.5 Å². The number of fused-ring (bicyclic) bond motifs is 1. The zero-order valence-corrected chi connectivity index (χ0v) is 11.8. The number of carbonyl (C=O) groups excluding carboxylic acids is 1. The molecule has 3 rings (SSSR count). The van der Waals surface area contributed by atoms with Crippen molar-refractivity contribution < 1.29 is 23.9 Å². The molecule has 1 aliphatic rings. The third-order valence-corrected chi connectivity index (χ3v) is 3.08. The molecule has 0 bridgehead atoms. The molecule has 0 fully saturated rings. The zero-order chi connectivity index (χ0) is 16.2. The number of rotatable bonds is 4. The number of hydrogen-bond donors (Lipinski definition) is 0. The Hall–Kier alpha value is -3.35. The van der Waals surface area contributed by atoms with Crippen LogP contribution in [0.5, 0.6) is 17.2 Å². The highest BCUT2D eigenvalue weighted by Gasteiger charge is 2.14. The molecule has 116 valence electrons. The molecular weight excluding hydrogens is 302 g/mol. The van der Waals surface area contributed by atoms with Gasteiger partial charge in [-0.1, -0.05) is 0 Å². The van der Waals surface area contributed by atoms with Gasteiger partial charge in [-0.3, -0.25) is 10.1 Å². The first-order valence-corrected chi connectivity index (χ1v) is 6.66. The highest BCUT2D eigenvalue weighted by Crippen LogP contribution is 2.35. The van der Waals surface area contributed by atoms with Crippen LogP contribution in [0.25, 0.3) is 6.08 Å². The normalized spacial score (nSPS) is 12.3. The van der Waals surface area contributed by atoms with Crippen LogP contribution < -0.4 is 14.2 Å². The van der Waals surface area contributed by atoms with Crippen LogP contribution in [-0.4, -0.2) is 17.7 Å². The highest BCUT2D eigenvalue weighted by molar-refractivity contribution is 5.88. The van der Waals surface area contributed by atoms with E-state index in [9.17, 15) is 14.9 Å². The summed E-state index contributed by atoms with van der Waals surface area (Å²) in [5.74, 6) is 0.899. The number of ether oxygens (including phenoxy) is 3. The number of non-ortho nitro benzene ring substituents is 1. The molecule has 0 saturated heterocycles. The van der Waals surface area contributed by atoms with Gasteiger partial charge in [0, 0.05) is 24.3 Å². The highest BCUT2D eigenvalue weighted by atomic mass is 16.7. The summed E-state index contributed by atoms with van der Waals surface area (Å²) in [4.78, 5) is 21.8. The average Bonchev–Trinajstić information content (AvgIpc) is 3.01. The fraction of sp³-hybridized carbons (Fsp3) is 0.0625. The second-order valence-corrected chi connectivity index (χ2v) is 4.62. The van der Waals surface area contributed by atoms with Crippen LogP contribution in [0.3, 0.4) is 0 Å². The molecule has 0 aliphatic carbocycles. The molecule has 23 heavy (non-hydrogen) atoms. The summed E-state index contributed by atoms with van der Waals surface area (Å²) in [7, 11) is 0. The molecule has 1 aliphatic heterocycles. The van der Waals surface area contributed by atoms with E-state index < -0.39 is 10.9 Å². The van der Waals surface area contributed by atoms with Crippen LogP contribution in [0.4, 0.5) is 5.69 Å². The van der Waals surface area contributed by atoms with E-state index in [1.807, 2.05) is 0 Å². The maximum atomic E-state index is 11.8. The van der Waals surface area contributed by atoms with Gasteiger partial charge in [0.25, 0.3) is 5.69 Å². The van der Waals surface area contributed by atoms with Crippen molar-refractivity contribution >= 4 is 17.7 Å². The quantitative estimate of drug-likeness (QED) is 0.283.